The summed E-state index contributed by atoms with van der Waals surface area (Å²) >= 11 is 0. The van der Waals surface area contributed by atoms with E-state index < -0.39 is 65.7 Å². The van der Waals surface area contributed by atoms with Gasteiger partial charge < -0.3 is 43.5 Å². The molecule has 1 fully saturated rings. The van der Waals surface area contributed by atoms with E-state index >= 15 is 0 Å². The molecule has 0 bridgehead atoms. The van der Waals surface area contributed by atoms with Crippen LogP contribution in [0.5, 0.6) is 0 Å². The maximum atomic E-state index is 11.3. The van der Waals surface area contributed by atoms with Crippen molar-refractivity contribution >= 4 is 37.4 Å². The number of hydrogen-bond acceptors (Lipinski definition) is 9. The Morgan fingerprint density at radius 3 is 1.29 bits per heavy atom. The molecule has 6 rings (SSSR count). The zero-order valence-electron chi connectivity index (χ0n) is 32.6. The van der Waals surface area contributed by atoms with E-state index in [1.54, 1.807) is 0 Å². The van der Waals surface area contributed by atoms with Gasteiger partial charge in [0.15, 0.2) is 6.29 Å². The normalized spacial score (nSPS) is 26.4. The number of benzene rings is 4. The Kier molecular flexibility index (Phi) is 12.7. The van der Waals surface area contributed by atoms with Gasteiger partial charge in [-0.05, 0) is 36.9 Å². The van der Waals surface area contributed by atoms with Crippen LogP contribution in [-0.2, 0) is 23.1 Å². The van der Waals surface area contributed by atoms with Crippen molar-refractivity contribution in [2.45, 2.75) is 101 Å². The predicted octanol–water partition coefficient (Wildman–Crippen LogP) is 3.61. The van der Waals surface area contributed by atoms with Crippen LogP contribution < -0.4 is 20.7 Å². The van der Waals surface area contributed by atoms with Gasteiger partial charge in [0.25, 0.3) is 16.6 Å². The quantitative estimate of drug-likeness (QED) is 0.160. The second-order valence-corrected chi connectivity index (χ2v) is 25.2. The highest BCUT2D eigenvalue weighted by molar-refractivity contribution is 7.00. The number of hydrogen-bond donors (Lipinski definition) is 4. The summed E-state index contributed by atoms with van der Waals surface area (Å²) in [5.41, 5.74) is 0. The van der Waals surface area contributed by atoms with Crippen molar-refractivity contribution in [2.24, 2.45) is 0 Å². The molecule has 0 aliphatic carbocycles. The molecule has 0 radical (unpaired) electrons. The monoisotopic (exact) mass is 784 g/mol. The smallest absolute Gasteiger partial charge is 0.261 e. The van der Waals surface area contributed by atoms with E-state index in [1.165, 1.54) is 12.3 Å². The van der Waals surface area contributed by atoms with Gasteiger partial charge in [-0.2, -0.15) is 0 Å². The van der Waals surface area contributed by atoms with Gasteiger partial charge in [0.1, 0.15) is 42.7 Å². The van der Waals surface area contributed by atoms with Gasteiger partial charge in [-0.1, -0.05) is 163 Å². The molecule has 0 spiro atoms. The summed E-state index contributed by atoms with van der Waals surface area (Å²) in [4.78, 5) is 0. The Bertz CT molecular complexity index is 1740. The number of rotatable bonds is 12. The molecule has 1 unspecified atom stereocenters. The van der Waals surface area contributed by atoms with Crippen LogP contribution in [0.25, 0.3) is 0 Å². The molecule has 1 saturated heterocycles. The first kappa shape index (κ1) is 41.2. The Balaban J connectivity index is 1.27. The van der Waals surface area contributed by atoms with Crippen LogP contribution in [0, 0.1) is 0 Å². The van der Waals surface area contributed by atoms with E-state index in [9.17, 15) is 20.4 Å². The van der Waals surface area contributed by atoms with E-state index in [4.69, 9.17) is 23.1 Å². The van der Waals surface area contributed by atoms with Crippen molar-refractivity contribution < 1.29 is 43.5 Å². The summed E-state index contributed by atoms with van der Waals surface area (Å²) in [5.74, 6) is 0. The summed E-state index contributed by atoms with van der Waals surface area (Å²) < 4.78 is 32.9. The zero-order chi connectivity index (χ0) is 39.4. The fourth-order valence-corrected chi connectivity index (χ4v) is 17.3. The molecule has 294 valence electrons. The molecule has 0 amide bonds. The minimum atomic E-state index is -3.05. The minimum absolute atomic E-state index is 0.0493. The van der Waals surface area contributed by atoms with Gasteiger partial charge in [0, 0.05) is 0 Å². The van der Waals surface area contributed by atoms with E-state index in [0.29, 0.717) is 0 Å². The third-order valence-corrected chi connectivity index (χ3v) is 21.0. The first-order valence-corrected chi connectivity index (χ1v) is 22.9. The lowest BCUT2D eigenvalue weighted by atomic mass is 9.99. The summed E-state index contributed by atoms with van der Waals surface area (Å²) in [6.45, 7) is 12.9. The second kappa shape index (κ2) is 16.9. The number of aliphatic hydroxyl groups excluding tert-OH is 4. The minimum Gasteiger partial charge on any atom is -0.493 e. The summed E-state index contributed by atoms with van der Waals surface area (Å²) in [6, 6.07) is 40.6. The second-order valence-electron chi connectivity index (χ2n) is 16.6. The fourth-order valence-electron chi connectivity index (χ4n) is 8.19. The molecular weight excluding hydrogens is 729 g/mol. The third-order valence-electron chi connectivity index (χ3n) is 11.0. The van der Waals surface area contributed by atoms with E-state index in [-0.39, 0.29) is 23.3 Å². The van der Waals surface area contributed by atoms with Gasteiger partial charge in [-0.25, -0.2) is 0 Å². The highest BCUT2D eigenvalue weighted by Gasteiger charge is 2.54. The standard InChI is InChI=1S/C44H56O9Si2/c1-43(2,3)54(31-19-11-7-12-20-31,32-21-13-8-14-22-32)50-29-36-38(46)39(47)40(48)42(52-36)53-41-35(45)27-28-49-37(41)30-51-55(44(4,5)6,33-23-15-9-16-24-33)34-25-17-10-18-26-34/h7-28,35-42,45-48H,29-30H2,1-6H3/t35-,36-,37-,38+,39+,40-,41-,42?/m1/s1. The molecule has 0 aromatic heterocycles. The summed E-state index contributed by atoms with van der Waals surface area (Å²) in [7, 11) is -6.04. The van der Waals surface area contributed by atoms with Crippen LogP contribution in [-0.4, -0.2) is 99.3 Å². The largest absolute Gasteiger partial charge is 0.493 e. The predicted molar refractivity (Wildman–Crippen MR) is 219 cm³/mol. The Hall–Kier alpha value is -3.47. The van der Waals surface area contributed by atoms with Gasteiger partial charge in [0.05, 0.1) is 19.5 Å². The number of ether oxygens (including phenoxy) is 3. The lowest BCUT2D eigenvalue weighted by Gasteiger charge is -2.47. The lowest BCUT2D eigenvalue weighted by molar-refractivity contribution is -0.323. The van der Waals surface area contributed by atoms with Gasteiger partial charge in [0.2, 0.25) is 0 Å². The summed E-state index contributed by atoms with van der Waals surface area (Å²) in [6.07, 6.45) is -7.34. The highest BCUT2D eigenvalue weighted by atomic mass is 28.4. The molecule has 4 aromatic carbocycles. The molecule has 2 heterocycles. The van der Waals surface area contributed by atoms with Crippen LogP contribution in [0.2, 0.25) is 10.1 Å². The molecule has 2 aliphatic rings. The molecule has 2 aliphatic heterocycles. The molecule has 55 heavy (non-hydrogen) atoms. The Morgan fingerprint density at radius 2 is 0.909 bits per heavy atom. The molecule has 0 saturated carbocycles. The molecule has 11 heteroatoms. The van der Waals surface area contributed by atoms with Crippen LogP contribution in [0.3, 0.4) is 0 Å². The zero-order valence-corrected chi connectivity index (χ0v) is 34.6. The van der Waals surface area contributed by atoms with Crippen LogP contribution in [0.4, 0.5) is 0 Å². The first-order valence-electron chi connectivity index (χ1n) is 19.1. The SMILES string of the molecule is CC(C)(C)[Si](OC[C@H]1OC(O[C@@H]2[C@H](O)C=CO[C@@H]2CO[Si](c2ccccc2)(c2ccccc2)C(C)(C)C)[C@H](O)[C@@H](O)[C@H]1O)(c1ccccc1)c1ccccc1. The van der Waals surface area contributed by atoms with Gasteiger partial charge in [-0.15, -0.1) is 0 Å². The van der Waals surface area contributed by atoms with Crippen molar-refractivity contribution in [1.29, 1.82) is 0 Å². The Morgan fingerprint density at radius 1 is 0.527 bits per heavy atom. The van der Waals surface area contributed by atoms with Gasteiger partial charge in [-0.3, -0.25) is 0 Å². The molecule has 9 nitrogen and oxygen atoms in total. The molecule has 4 aromatic rings. The maximum Gasteiger partial charge on any atom is 0.261 e. The van der Waals surface area contributed by atoms with Crippen molar-refractivity contribution in [3.05, 3.63) is 134 Å². The average molecular weight is 785 g/mol. The van der Waals surface area contributed by atoms with E-state index in [1.807, 2.05) is 72.8 Å². The van der Waals surface area contributed by atoms with Gasteiger partial charge >= 0.3 is 0 Å². The van der Waals surface area contributed by atoms with E-state index in [0.717, 1.165) is 20.7 Å². The third kappa shape index (κ3) is 8.19. The molecule has 8 atom stereocenters. The summed E-state index contributed by atoms with van der Waals surface area (Å²) in [5, 5.41) is 48.6. The first-order chi connectivity index (χ1) is 26.2. The Labute approximate surface area is 327 Å². The van der Waals surface area contributed by atoms with E-state index in [2.05, 4.69) is 90.1 Å². The van der Waals surface area contributed by atoms with Crippen molar-refractivity contribution in [3.8, 4) is 0 Å². The topological polar surface area (TPSA) is 127 Å². The van der Waals surface area contributed by atoms with Crippen LogP contribution in [0.1, 0.15) is 41.5 Å². The van der Waals surface area contributed by atoms with Crippen LogP contribution >= 0.6 is 0 Å². The van der Waals surface area contributed by atoms with Crippen molar-refractivity contribution in [3.63, 3.8) is 0 Å². The number of aliphatic hydroxyl groups is 4. The van der Waals surface area contributed by atoms with Crippen LogP contribution in [0.15, 0.2) is 134 Å². The average Bonchev–Trinajstić information content (AvgIpc) is 3.17. The van der Waals surface area contributed by atoms with Crippen molar-refractivity contribution in [2.75, 3.05) is 13.2 Å². The lowest BCUT2D eigenvalue weighted by Crippen LogP contribution is -2.68. The molecule has 4 N–H and O–H groups in total. The van der Waals surface area contributed by atoms with Crippen molar-refractivity contribution in [1.82, 2.24) is 0 Å². The fraction of sp³-hybridized carbons (Fsp3) is 0.409. The maximum absolute atomic E-state index is 11.3. The highest BCUT2D eigenvalue weighted by Crippen LogP contribution is 2.39. The molecular formula is C44H56O9Si2.